The van der Waals surface area contributed by atoms with E-state index in [-0.39, 0.29) is 23.7 Å². The van der Waals surface area contributed by atoms with Crippen LogP contribution in [0.25, 0.3) is 0 Å². The van der Waals surface area contributed by atoms with Gasteiger partial charge in [-0.2, -0.15) is 0 Å². The summed E-state index contributed by atoms with van der Waals surface area (Å²) in [7, 11) is 0. The van der Waals surface area contributed by atoms with E-state index in [1.54, 1.807) is 58.0 Å². The van der Waals surface area contributed by atoms with Gasteiger partial charge >= 0.3 is 5.97 Å². The molecule has 0 aliphatic carbocycles. The van der Waals surface area contributed by atoms with Gasteiger partial charge in [-0.1, -0.05) is 83.5 Å². The molecule has 324 valence electrons. The predicted molar refractivity (Wildman–Crippen MR) is 213 cm³/mol. The second-order valence-corrected chi connectivity index (χ2v) is 15.3. The SMILES string of the molecule is CCC(C)C1NC(=O)C(NC(=O)C(C)C(O)C(C)C)C(C)OC(=O)C(CO)NC(=O)C(C(C)O)NC(=O)C(Cc2ccccc2)NC(=O)C(c2ccc(O)cc2)NC1=O. The van der Waals surface area contributed by atoms with Gasteiger partial charge in [-0.05, 0) is 48.9 Å². The molecule has 1 fully saturated rings. The second-order valence-electron chi connectivity index (χ2n) is 15.3. The van der Waals surface area contributed by atoms with E-state index in [4.69, 9.17) is 4.74 Å². The number of benzene rings is 2. The van der Waals surface area contributed by atoms with Gasteiger partial charge in [0.2, 0.25) is 35.4 Å². The highest BCUT2D eigenvalue weighted by molar-refractivity contribution is 5.98. The molecule has 59 heavy (non-hydrogen) atoms. The minimum atomic E-state index is -1.80. The number of hydrogen-bond donors (Lipinski definition) is 10. The molecule has 18 heteroatoms. The lowest BCUT2D eigenvalue weighted by Gasteiger charge is -2.31. The van der Waals surface area contributed by atoms with Gasteiger partial charge in [0.15, 0.2) is 6.04 Å². The lowest BCUT2D eigenvalue weighted by atomic mass is 9.93. The number of hydrogen-bond acceptors (Lipinski definition) is 12. The molecule has 2 aromatic carbocycles. The van der Waals surface area contributed by atoms with Gasteiger partial charge < -0.3 is 57.1 Å². The van der Waals surface area contributed by atoms with Crippen molar-refractivity contribution in [2.75, 3.05) is 6.61 Å². The summed E-state index contributed by atoms with van der Waals surface area (Å²) in [4.78, 5) is 97.1. The Labute approximate surface area is 343 Å². The van der Waals surface area contributed by atoms with E-state index in [1.165, 1.54) is 45.0 Å². The molecule has 0 spiro atoms. The third-order valence-corrected chi connectivity index (χ3v) is 10.3. The maximum Gasteiger partial charge on any atom is 0.331 e. The smallest absolute Gasteiger partial charge is 0.331 e. The summed E-state index contributed by atoms with van der Waals surface area (Å²) in [6, 6.07) is 4.25. The van der Waals surface area contributed by atoms with Crippen LogP contribution in [0.1, 0.15) is 72.1 Å². The van der Waals surface area contributed by atoms with Crippen LogP contribution in [0.4, 0.5) is 0 Å². The number of aliphatic hydroxyl groups is 3. The molecule has 0 bridgehead atoms. The van der Waals surface area contributed by atoms with Crippen molar-refractivity contribution in [1.29, 1.82) is 0 Å². The quantitative estimate of drug-likeness (QED) is 0.125. The van der Waals surface area contributed by atoms with E-state index in [2.05, 4.69) is 31.9 Å². The third-order valence-electron chi connectivity index (χ3n) is 10.3. The summed E-state index contributed by atoms with van der Waals surface area (Å²) in [5.41, 5.74) is 0.758. The van der Waals surface area contributed by atoms with Gasteiger partial charge in [-0.3, -0.25) is 28.8 Å². The largest absolute Gasteiger partial charge is 0.508 e. The van der Waals surface area contributed by atoms with E-state index in [1.807, 2.05) is 0 Å². The number of esters is 1. The molecule has 1 aliphatic rings. The van der Waals surface area contributed by atoms with Crippen LogP contribution in [0.15, 0.2) is 54.6 Å². The lowest BCUT2D eigenvalue weighted by Crippen LogP contribution is -2.61. The maximum atomic E-state index is 14.3. The van der Waals surface area contributed by atoms with Gasteiger partial charge in [0.25, 0.3) is 0 Å². The number of rotatable bonds is 11. The van der Waals surface area contributed by atoms with Crippen LogP contribution in [-0.4, -0.2) is 117 Å². The van der Waals surface area contributed by atoms with Crippen molar-refractivity contribution in [3.63, 3.8) is 0 Å². The fourth-order valence-electron chi connectivity index (χ4n) is 6.30. The normalized spacial score (nSPS) is 26.2. The predicted octanol–water partition coefficient (Wildman–Crippen LogP) is -0.766. The van der Waals surface area contributed by atoms with Gasteiger partial charge in [0.1, 0.15) is 42.1 Å². The van der Waals surface area contributed by atoms with Gasteiger partial charge in [-0.15, -0.1) is 0 Å². The number of carbonyl (C=O) groups excluding carboxylic acids is 7. The van der Waals surface area contributed by atoms with Crippen LogP contribution < -0.4 is 31.9 Å². The number of ether oxygens (including phenoxy) is 1. The van der Waals surface area contributed by atoms with Gasteiger partial charge in [-0.25, -0.2) is 4.79 Å². The lowest BCUT2D eigenvalue weighted by molar-refractivity contribution is -0.157. The maximum absolute atomic E-state index is 14.3. The first-order valence-corrected chi connectivity index (χ1v) is 19.6. The van der Waals surface area contributed by atoms with E-state index in [0.29, 0.717) is 12.0 Å². The van der Waals surface area contributed by atoms with Crippen molar-refractivity contribution in [3.05, 3.63) is 65.7 Å². The van der Waals surface area contributed by atoms with Crippen molar-refractivity contribution < 1.29 is 58.7 Å². The average Bonchev–Trinajstić information content (AvgIpc) is 3.20. The zero-order valence-electron chi connectivity index (χ0n) is 34.3. The van der Waals surface area contributed by atoms with E-state index >= 15 is 0 Å². The van der Waals surface area contributed by atoms with Crippen LogP contribution in [0.3, 0.4) is 0 Å². The molecule has 2 aromatic rings. The number of carbonyl (C=O) groups is 7. The van der Waals surface area contributed by atoms with Crippen LogP contribution in [-0.2, 0) is 44.7 Å². The monoisotopic (exact) mass is 826 g/mol. The number of aromatic hydroxyl groups is 1. The van der Waals surface area contributed by atoms with Crippen LogP contribution in [0.2, 0.25) is 0 Å². The molecule has 10 N–H and O–H groups in total. The van der Waals surface area contributed by atoms with Crippen molar-refractivity contribution >= 4 is 41.4 Å². The Morgan fingerprint density at radius 3 is 1.88 bits per heavy atom. The second kappa shape index (κ2) is 22.0. The van der Waals surface area contributed by atoms with Crippen LogP contribution >= 0.6 is 0 Å². The summed E-state index contributed by atoms with van der Waals surface area (Å²) in [5, 5.41) is 56.5. The highest BCUT2D eigenvalue weighted by Crippen LogP contribution is 2.20. The summed E-state index contributed by atoms with van der Waals surface area (Å²) >= 11 is 0. The van der Waals surface area contributed by atoms with Crippen molar-refractivity contribution in [2.45, 2.75) is 116 Å². The summed E-state index contributed by atoms with van der Waals surface area (Å²) < 4.78 is 5.51. The molecule has 11 atom stereocenters. The topological polar surface area (TPSA) is 282 Å². The molecule has 11 unspecified atom stereocenters. The molecular weight excluding hydrogens is 768 g/mol. The Hall–Kier alpha value is -5.59. The minimum absolute atomic E-state index is 0.127. The van der Waals surface area contributed by atoms with E-state index in [0.717, 1.165) is 0 Å². The molecule has 1 heterocycles. The number of amides is 6. The zero-order chi connectivity index (χ0) is 44.1. The highest BCUT2D eigenvalue weighted by atomic mass is 16.5. The molecule has 3 rings (SSSR count). The Balaban J connectivity index is 2.20. The molecule has 1 saturated heterocycles. The first-order valence-electron chi connectivity index (χ1n) is 19.6. The fraction of sp³-hybridized carbons (Fsp3) is 0.537. The van der Waals surface area contributed by atoms with Crippen molar-refractivity contribution in [3.8, 4) is 5.75 Å². The third kappa shape index (κ3) is 13.2. The van der Waals surface area contributed by atoms with Gasteiger partial charge in [0, 0.05) is 6.42 Å². The van der Waals surface area contributed by atoms with Crippen LogP contribution in [0, 0.1) is 17.8 Å². The first kappa shape index (κ1) is 47.8. The number of aliphatic hydroxyl groups excluding tert-OH is 3. The first-order chi connectivity index (χ1) is 27.8. The van der Waals surface area contributed by atoms with Crippen molar-refractivity contribution in [1.82, 2.24) is 31.9 Å². The molecule has 0 saturated carbocycles. The molecule has 6 amide bonds. The summed E-state index contributed by atoms with van der Waals surface area (Å²) in [6.45, 7) is 9.61. The Morgan fingerprint density at radius 2 is 1.32 bits per heavy atom. The molecule has 1 aliphatic heterocycles. The number of phenols is 1. The Kier molecular flexibility index (Phi) is 17.8. The standard InChI is InChI=1S/C41H58N6O12/c1-8-21(4)30-37(54)47-33(26-14-16-27(50)17-15-26)40(57)42-28(18-25-12-10-9-11-13-25)36(53)45-31(23(6)49)38(55)43-29(19-48)41(58)59-24(7)32(39(56)44-30)46-35(52)22(5)34(51)20(2)3/h9-17,20-24,28-34,48-51H,8,18-19H2,1-7H3,(H,42,57)(H,43,55)(H,44,56)(H,45,53)(H,46,52)(H,47,54). The number of nitrogens with one attached hydrogen (secondary N) is 6. The zero-order valence-corrected chi connectivity index (χ0v) is 34.3. The average molecular weight is 827 g/mol. The minimum Gasteiger partial charge on any atom is -0.508 e. The summed E-state index contributed by atoms with van der Waals surface area (Å²) in [5.74, 6) is -9.02. The number of phenolic OH excluding ortho intramolecular Hbond substituents is 1. The van der Waals surface area contributed by atoms with Crippen LogP contribution in [0.5, 0.6) is 5.75 Å². The molecule has 0 aromatic heterocycles. The van der Waals surface area contributed by atoms with E-state index < -0.39 is 114 Å². The molecular formula is C41H58N6O12. The highest BCUT2D eigenvalue weighted by Gasteiger charge is 2.40. The van der Waals surface area contributed by atoms with E-state index in [9.17, 15) is 54.0 Å². The Morgan fingerprint density at radius 1 is 0.746 bits per heavy atom. The summed E-state index contributed by atoms with van der Waals surface area (Å²) in [6.07, 6.45) is -4.04. The Bertz CT molecular complexity index is 1780. The molecule has 18 nitrogen and oxygen atoms in total. The number of cyclic esters (lactones) is 1. The van der Waals surface area contributed by atoms with Crippen molar-refractivity contribution in [2.24, 2.45) is 17.8 Å². The molecule has 0 radical (unpaired) electrons. The van der Waals surface area contributed by atoms with Gasteiger partial charge in [0.05, 0.1) is 24.7 Å². The fourth-order valence-corrected chi connectivity index (χ4v) is 6.30.